The summed E-state index contributed by atoms with van der Waals surface area (Å²) in [4.78, 5) is 12.0. The van der Waals surface area contributed by atoms with Crippen LogP contribution in [0.4, 0.5) is 0 Å². The normalized spacial score (nSPS) is 11.7. The molecule has 0 aromatic carbocycles. The van der Waals surface area contributed by atoms with E-state index in [-0.39, 0.29) is 5.78 Å². The monoisotopic (exact) mass is 195 g/mol. The van der Waals surface area contributed by atoms with E-state index in [0.29, 0.717) is 12.2 Å². The Kier molecular flexibility index (Phi) is 3.06. The molecule has 1 aromatic heterocycles. The van der Waals surface area contributed by atoms with Gasteiger partial charge in [-0.05, 0) is 33.9 Å². The summed E-state index contributed by atoms with van der Waals surface area (Å²) >= 11 is 0. The van der Waals surface area contributed by atoms with Gasteiger partial charge in [0.1, 0.15) is 5.69 Å². The van der Waals surface area contributed by atoms with E-state index in [0.717, 1.165) is 0 Å². The second-order valence-corrected chi connectivity index (χ2v) is 3.74. The van der Waals surface area contributed by atoms with Crippen LogP contribution < -0.4 is 5.32 Å². The fourth-order valence-corrected chi connectivity index (χ4v) is 1.21. The number of rotatable bonds is 4. The van der Waals surface area contributed by atoms with Gasteiger partial charge in [-0.25, -0.2) is 0 Å². The summed E-state index contributed by atoms with van der Waals surface area (Å²) < 4.78 is 1.71. The number of aryl methyl sites for hydroxylation is 1. The average Bonchev–Trinajstić information content (AvgIpc) is 2.64. The first-order valence-electron chi connectivity index (χ1n) is 4.78. The quantitative estimate of drug-likeness (QED) is 0.731. The molecule has 0 aliphatic heterocycles. The van der Waals surface area contributed by atoms with Crippen LogP contribution >= 0.6 is 0 Å². The number of aromatic nitrogens is 2. The van der Waals surface area contributed by atoms with Gasteiger partial charge in [-0.2, -0.15) is 5.10 Å². The third-order valence-corrected chi connectivity index (χ3v) is 2.44. The molecule has 0 amide bonds. The molecule has 0 saturated heterocycles. The molecule has 0 atom stereocenters. The number of hydrogen-bond acceptors (Lipinski definition) is 3. The highest BCUT2D eigenvalue weighted by molar-refractivity contribution is 6.01. The fourth-order valence-electron chi connectivity index (χ4n) is 1.21. The van der Waals surface area contributed by atoms with Crippen LogP contribution in [0.1, 0.15) is 31.3 Å². The van der Waals surface area contributed by atoms with Crippen molar-refractivity contribution in [2.75, 3.05) is 7.05 Å². The molecular formula is C10H17N3O. The lowest BCUT2D eigenvalue weighted by Gasteiger charge is -2.22. The van der Waals surface area contributed by atoms with E-state index in [1.807, 2.05) is 20.8 Å². The Morgan fingerprint density at radius 2 is 2.29 bits per heavy atom. The fraction of sp³-hybridized carbons (Fsp3) is 0.600. The lowest BCUT2D eigenvalue weighted by atomic mass is 9.97. The molecule has 0 bridgehead atoms. The number of carbonyl (C=O) groups is 1. The summed E-state index contributed by atoms with van der Waals surface area (Å²) in [5.41, 5.74) is 0.124. The van der Waals surface area contributed by atoms with Gasteiger partial charge in [0.25, 0.3) is 0 Å². The molecule has 1 rings (SSSR count). The van der Waals surface area contributed by atoms with E-state index in [1.54, 1.807) is 24.0 Å². The van der Waals surface area contributed by atoms with Crippen molar-refractivity contribution in [3.8, 4) is 0 Å². The van der Waals surface area contributed by atoms with Crippen LogP contribution in [0.5, 0.6) is 0 Å². The summed E-state index contributed by atoms with van der Waals surface area (Å²) in [6, 6.07) is 1.75. The van der Waals surface area contributed by atoms with Gasteiger partial charge in [-0.1, -0.05) is 0 Å². The molecule has 4 heteroatoms. The largest absolute Gasteiger partial charge is 0.308 e. The molecule has 0 saturated carbocycles. The summed E-state index contributed by atoms with van der Waals surface area (Å²) in [7, 11) is 1.78. The minimum atomic E-state index is -0.535. The zero-order chi connectivity index (χ0) is 10.8. The van der Waals surface area contributed by atoms with Crippen LogP contribution in [0.2, 0.25) is 0 Å². The van der Waals surface area contributed by atoms with Crippen LogP contribution in [0.25, 0.3) is 0 Å². The van der Waals surface area contributed by atoms with Gasteiger partial charge in [-0.3, -0.25) is 9.48 Å². The topological polar surface area (TPSA) is 46.9 Å². The third-order valence-electron chi connectivity index (χ3n) is 2.44. The zero-order valence-corrected chi connectivity index (χ0v) is 9.16. The summed E-state index contributed by atoms with van der Waals surface area (Å²) in [6.07, 6.45) is 1.66. The maximum Gasteiger partial charge on any atom is 0.200 e. The van der Waals surface area contributed by atoms with Gasteiger partial charge < -0.3 is 5.32 Å². The molecule has 0 aliphatic rings. The van der Waals surface area contributed by atoms with Crippen LogP contribution in [-0.2, 0) is 6.54 Å². The Labute approximate surface area is 84.3 Å². The highest BCUT2D eigenvalue weighted by atomic mass is 16.1. The van der Waals surface area contributed by atoms with E-state index >= 15 is 0 Å². The van der Waals surface area contributed by atoms with Gasteiger partial charge in [0.05, 0.1) is 5.54 Å². The number of nitrogens with zero attached hydrogens (tertiary/aromatic N) is 2. The van der Waals surface area contributed by atoms with Crippen LogP contribution in [-0.4, -0.2) is 28.2 Å². The van der Waals surface area contributed by atoms with Gasteiger partial charge >= 0.3 is 0 Å². The smallest absolute Gasteiger partial charge is 0.200 e. The average molecular weight is 195 g/mol. The minimum Gasteiger partial charge on any atom is -0.308 e. The van der Waals surface area contributed by atoms with Crippen LogP contribution in [0, 0.1) is 0 Å². The Morgan fingerprint density at radius 3 is 2.79 bits per heavy atom. The summed E-state index contributed by atoms with van der Waals surface area (Å²) in [5.74, 6) is 0.0688. The number of carbonyl (C=O) groups excluding carboxylic acids is 1. The van der Waals surface area contributed by atoms with E-state index < -0.39 is 5.54 Å². The first-order valence-corrected chi connectivity index (χ1v) is 4.78. The van der Waals surface area contributed by atoms with Crippen molar-refractivity contribution >= 4 is 5.78 Å². The summed E-state index contributed by atoms with van der Waals surface area (Å²) in [6.45, 7) is 6.41. The Bertz CT molecular complexity index is 328. The van der Waals surface area contributed by atoms with Crippen LogP contribution in [0.3, 0.4) is 0 Å². The number of nitrogens with one attached hydrogen (secondary N) is 1. The van der Waals surface area contributed by atoms with Crippen molar-refractivity contribution in [1.29, 1.82) is 0 Å². The molecule has 0 fully saturated rings. The lowest BCUT2D eigenvalue weighted by molar-refractivity contribution is 0.0878. The molecule has 0 unspecified atom stereocenters. The van der Waals surface area contributed by atoms with Crippen molar-refractivity contribution in [1.82, 2.24) is 15.1 Å². The van der Waals surface area contributed by atoms with Crippen molar-refractivity contribution in [2.24, 2.45) is 0 Å². The van der Waals surface area contributed by atoms with Crippen molar-refractivity contribution in [2.45, 2.75) is 32.9 Å². The Balaban J connectivity index is 3.00. The molecule has 0 aliphatic carbocycles. The lowest BCUT2D eigenvalue weighted by Crippen LogP contribution is -2.45. The van der Waals surface area contributed by atoms with E-state index in [4.69, 9.17) is 0 Å². The minimum absolute atomic E-state index is 0.0688. The molecule has 14 heavy (non-hydrogen) atoms. The standard InChI is InChI=1S/C10H17N3O/c1-5-13-8(6-7-12-13)9(14)10(2,3)11-4/h6-7,11H,5H2,1-4H3. The molecular weight excluding hydrogens is 178 g/mol. The number of hydrogen-bond donors (Lipinski definition) is 1. The molecule has 4 nitrogen and oxygen atoms in total. The van der Waals surface area contributed by atoms with Crippen molar-refractivity contribution < 1.29 is 4.79 Å². The molecule has 1 heterocycles. The van der Waals surface area contributed by atoms with Gasteiger partial charge in [0, 0.05) is 12.7 Å². The molecule has 78 valence electrons. The van der Waals surface area contributed by atoms with Gasteiger partial charge in [0.15, 0.2) is 5.78 Å². The second-order valence-electron chi connectivity index (χ2n) is 3.74. The number of Topliss-reactive ketones (excluding diaryl/α,β-unsaturated/α-hetero) is 1. The summed E-state index contributed by atoms with van der Waals surface area (Å²) in [5, 5.41) is 7.06. The highest BCUT2D eigenvalue weighted by Gasteiger charge is 2.28. The third kappa shape index (κ3) is 1.85. The maximum atomic E-state index is 12.0. The van der Waals surface area contributed by atoms with Gasteiger partial charge in [-0.15, -0.1) is 0 Å². The molecule has 0 radical (unpaired) electrons. The number of likely N-dealkylation sites (N-methyl/N-ethyl adjacent to an activating group) is 1. The SMILES string of the molecule is CCn1nccc1C(=O)C(C)(C)NC. The number of ketones is 1. The Hall–Kier alpha value is -1.16. The van der Waals surface area contributed by atoms with Crippen molar-refractivity contribution in [3.05, 3.63) is 18.0 Å². The van der Waals surface area contributed by atoms with E-state index in [1.165, 1.54) is 0 Å². The predicted molar refractivity (Wildman–Crippen MR) is 55.4 cm³/mol. The Morgan fingerprint density at radius 1 is 1.64 bits per heavy atom. The second kappa shape index (κ2) is 3.92. The zero-order valence-electron chi connectivity index (χ0n) is 9.16. The molecule has 1 aromatic rings. The first-order chi connectivity index (χ1) is 6.53. The van der Waals surface area contributed by atoms with Crippen molar-refractivity contribution in [3.63, 3.8) is 0 Å². The highest BCUT2D eigenvalue weighted by Crippen LogP contribution is 2.11. The molecule has 1 N–H and O–H groups in total. The predicted octanol–water partition coefficient (Wildman–Crippen LogP) is 1.08. The first kappa shape index (κ1) is 10.9. The maximum absolute atomic E-state index is 12.0. The van der Waals surface area contributed by atoms with E-state index in [9.17, 15) is 4.79 Å². The van der Waals surface area contributed by atoms with Crippen LogP contribution in [0.15, 0.2) is 12.3 Å². The van der Waals surface area contributed by atoms with Gasteiger partial charge in [0.2, 0.25) is 0 Å². The van der Waals surface area contributed by atoms with E-state index in [2.05, 4.69) is 10.4 Å². The molecule has 0 spiro atoms.